The Balaban J connectivity index is 1.15. The van der Waals surface area contributed by atoms with Gasteiger partial charge in [0.2, 0.25) is 0 Å². The molecule has 0 bridgehead atoms. The predicted octanol–water partition coefficient (Wildman–Crippen LogP) is 3.56. The van der Waals surface area contributed by atoms with Crippen LogP contribution in [0.3, 0.4) is 0 Å². The lowest BCUT2D eigenvalue weighted by Gasteiger charge is -2.28. The van der Waals surface area contributed by atoms with Gasteiger partial charge >= 0.3 is 0 Å². The number of aromatic nitrogens is 1. The van der Waals surface area contributed by atoms with Gasteiger partial charge in [0.1, 0.15) is 19.0 Å². The minimum atomic E-state index is -0.379. The summed E-state index contributed by atoms with van der Waals surface area (Å²) in [6.07, 6.45) is 5.37. The summed E-state index contributed by atoms with van der Waals surface area (Å²) in [5.41, 5.74) is 3.10. The van der Waals surface area contributed by atoms with E-state index < -0.39 is 0 Å². The van der Waals surface area contributed by atoms with E-state index in [9.17, 15) is 0 Å². The van der Waals surface area contributed by atoms with Crippen LogP contribution in [-0.2, 0) is 16.0 Å². The van der Waals surface area contributed by atoms with Gasteiger partial charge in [-0.1, -0.05) is 12.1 Å². The summed E-state index contributed by atoms with van der Waals surface area (Å²) in [6, 6.07) is 14.0. The summed E-state index contributed by atoms with van der Waals surface area (Å²) in [5.74, 6) is 2.41. The lowest BCUT2D eigenvalue weighted by atomic mass is 10.1. The van der Waals surface area contributed by atoms with Crippen molar-refractivity contribution in [2.45, 2.75) is 18.9 Å². The topological polar surface area (TPSA) is 71.1 Å². The maximum absolute atomic E-state index is 5.89. The van der Waals surface area contributed by atoms with Crippen LogP contribution in [0.5, 0.6) is 17.2 Å². The van der Waals surface area contributed by atoms with Crippen molar-refractivity contribution in [3.63, 3.8) is 0 Å². The predicted molar refractivity (Wildman–Crippen MR) is 121 cm³/mol. The average Bonchev–Trinajstić information content (AvgIpc) is 2.86. The molecule has 32 heavy (non-hydrogen) atoms. The molecule has 1 saturated heterocycles. The quantitative estimate of drug-likeness (QED) is 0.636. The molecule has 166 valence electrons. The fourth-order valence-electron chi connectivity index (χ4n) is 3.81. The smallest absolute Gasteiger partial charge is 0.177 e. The molecule has 0 amide bonds. The summed E-state index contributed by atoms with van der Waals surface area (Å²) in [6.45, 7) is 3.04. The third-order valence-corrected chi connectivity index (χ3v) is 5.54. The van der Waals surface area contributed by atoms with Crippen molar-refractivity contribution in [1.82, 2.24) is 10.3 Å². The lowest BCUT2D eigenvalue weighted by molar-refractivity contribution is -0.162. The molecule has 1 fully saturated rings. The summed E-state index contributed by atoms with van der Waals surface area (Å²) < 4.78 is 28.4. The van der Waals surface area contributed by atoms with E-state index in [-0.39, 0.29) is 12.3 Å². The second-order valence-corrected chi connectivity index (χ2v) is 7.73. The molecule has 0 saturated carbocycles. The van der Waals surface area contributed by atoms with Crippen molar-refractivity contribution in [3.05, 3.63) is 65.9 Å². The van der Waals surface area contributed by atoms with Gasteiger partial charge < -0.3 is 29.0 Å². The number of hydrogen-bond donors (Lipinski definition) is 1. The summed E-state index contributed by atoms with van der Waals surface area (Å²) in [5, 5.41) is 4.51. The number of ether oxygens (including phenoxy) is 5. The zero-order chi connectivity index (χ0) is 21.8. The highest BCUT2D eigenvalue weighted by atomic mass is 16.7. The van der Waals surface area contributed by atoms with Crippen LogP contribution in [0.1, 0.15) is 11.1 Å². The minimum Gasteiger partial charge on any atom is -0.497 e. The number of nitrogens with one attached hydrogen (secondary N) is 1. The molecule has 2 aliphatic rings. The molecule has 0 aliphatic carbocycles. The fourth-order valence-corrected chi connectivity index (χ4v) is 3.81. The molecular weight excluding hydrogens is 408 g/mol. The van der Waals surface area contributed by atoms with E-state index in [1.807, 2.05) is 54.6 Å². The Hall–Kier alpha value is -3.13. The van der Waals surface area contributed by atoms with Gasteiger partial charge in [-0.3, -0.25) is 4.98 Å². The van der Waals surface area contributed by atoms with Crippen LogP contribution in [0.15, 0.2) is 54.7 Å². The third kappa shape index (κ3) is 4.70. The first kappa shape index (κ1) is 20.8. The van der Waals surface area contributed by atoms with Crippen molar-refractivity contribution in [2.24, 2.45) is 0 Å². The Morgan fingerprint density at radius 1 is 1.03 bits per heavy atom. The molecule has 0 atom stereocenters. The lowest BCUT2D eigenvalue weighted by Crippen LogP contribution is -2.43. The molecule has 7 nitrogen and oxygen atoms in total. The van der Waals surface area contributed by atoms with Gasteiger partial charge in [-0.05, 0) is 53.6 Å². The molecule has 1 aromatic heterocycles. The zero-order valence-electron chi connectivity index (χ0n) is 18.0. The van der Waals surface area contributed by atoms with Gasteiger partial charge in [0.25, 0.3) is 0 Å². The van der Waals surface area contributed by atoms with E-state index in [1.165, 1.54) is 0 Å². The highest BCUT2D eigenvalue weighted by molar-refractivity contribution is 5.88. The van der Waals surface area contributed by atoms with Gasteiger partial charge in [-0.2, -0.15) is 0 Å². The zero-order valence-corrected chi connectivity index (χ0v) is 18.0. The second kappa shape index (κ2) is 9.56. The maximum Gasteiger partial charge on any atom is 0.177 e. The Morgan fingerprint density at radius 2 is 1.88 bits per heavy atom. The first-order valence-electron chi connectivity index (χ1n) is 10.7. The molecule has 3 heterocycles. The monoisotopic (exact) mass is 434 g/mol. The molecule has 0 spiro atoms. The van der Waals surface area contributed by atoms with Gasteiger partial charge in [-0.15, -0.1) is 0 Å². The van der Waals surface area contributed by atoms with Crippen LogP contribution < -0.4 is 19.5 Å². The first-order chi connectivity index (χ1) is 15.8. The van der Waals surface area contributed by atoms with Crippen molar-refractivity contribution < 1.29 is 23.7 Å². The van der Waals surface area contributed by atoms with E-state index in [4.69, 9.17) is 23.7 Å². The number of methoxy groups -OCH3 is 1. The van der Waals surface area contributed by atoms with Crippen LogP contribution in [-0.4, -0.2) is 50.9 Å². The normalized spacial score (nSPS) is 20.5. The van der Waals surface area contributed by atoms with Crippen molar-refractivity contribution in [2.75, 3.05) is 33.5 Å². The number of pyridine rings is 1. The van der Waals surface area contributed by atoms with Gasteiger partial charge in [0, 0.05) is 18.1 Å². The van der Waals surface area contributed by atoms with E-state index in [1.54, 1.807) is 13.3 Å². The molecule has 2 aromatic carbocycles. The number of fused-ring (bicyclic) bond motifs is 2. The molecule has 7 heteroatoms. The molecule has 1 N–H and O–H groups in total. The van der Waals surface area contributed by atoms with E-state index in [2.05, 4.69) is 10.3 Å². The van der Waals surface area contributed by atoms with E-state index in [0.717, 1.165) is 39.3 Å². The third-order valence-electron chi connectivity index (χ3n) is 5.54. The minimum absolute atomic E-state index is 0.124. The Kier molecular flexibility index (Phi) is 6.20. The SMILES string of the molecule is COc1ccc2nccc(/C=C/C3OCC(NCc4ccc5c(c4)OCCO5)CO3)c2c1. The van der Waals surface area contributed by atoms with Gasteiger partial charge in [-0.25, -0.2) is 0 Å². The Morgan fingerprint density at radius 3 is 2.72 bits per heavy atom. The number of rotatable bonds is 6. The van der Waals surface area contributed by atoms with Crippen molar-refractivity contribution >= 4 is 17.0 Å². The van der Waals surface area contributed by atoms with Crippen LogP contribution in [0.4, 0.5) is 0 Å². The molecule has 3 aromatic rings. The van der Waals surface area contributed by atoms with Crippen molar-refractivity contribution in [3.8, 4) is 17.2 Å². The molecule has 0 unspecified atom stereocenters. The highest BCUT2D eigenvalue weighted by Crippen LogP contribution is 2.30. The van der Waals surface area contributed by atoms with Crippen LogP contribution in [0.25, 0.3) is 17.0 Å². The second-order valence-electron chi connectivity index (χ2n) is 7.73. The van der Waals surface area contributed by atoms with Crippen LogP contribution >= 0.6 is 0 Å². The largest absolute Gasteiger partial charge is 0.497 e. The Labute approximate surface area is 186 Å². The van der Waals surface area contributed by atoms with Crippen molar-refractivity contribution in [1.29, 1.82) is 0 Å². The highest BCUT2D eigenvalue weighted by Gasteiger charge is 2.20. The van der Waals surface area contributed by atoms with Gasteiger partial charge in [0.05, 0.1) is 31.9 Å². The van der Waals surface area contributed by atoms with Crippen LogP contribution in [0.2, 0.25) is 0 Å². The first-order valence-corrected chi connectivity index (χ1v) is 10.7. The summed E-state index contributed by atoms with van der Waals surface area (Å²) >= 11 is 0. The number of benzene rings is 2. The fraction of sp³-hybridized carbons (Fsp3) is 0.320. The molecule has 0 radical (unpaired) electrons. The van der Waals surface area contributed by atoms with E-state index >= 15 is 0 Å². The summed E-state index contributed by atoms with van der Waals surface area (Å²) in [4.78, 5) is 4.42. The van der Waals surface area contributed by atoms with Crippen LogP contribution in [0, 0.1) is 0 Å². The molecule has 5 rings (SSSR count). The molecular formula is C25H26N2O5. The maximum atomic E-state index is 5.89. The number of nitrogens with zero attached hydrogens (tertiary/aromatic N) is 1. The average molecular weight is 434 g/mol. The number of hydrogen-bond acceptors (Lipinski definition) is 7. The standard InChI is InChI=1S/C25H26N2O5/c1-28-20-4-5-22-21(13-20)18(8-9-26-22)3-7-25-31-15-19(16-32-25)27-14-17-2-6-23-24(12-17)30-11-10-29-23/h2-9,12-13,19,25,27H,10-11,14-16H2,1H3/b7-3+. The summed E-state index contributed by atoms with van der Waals surface area (Å²) in [7, 11) is 1.66. The Bertz CT molecular complexity index is 1110. The van der Waals surface area contributed by atoms with E-state index in [0.29, 0.717) is 33.0 Å². The molecule has 2 aliphatic heterocycles. The van der Waals surface area contributed by atoms with Gasteiger partial charge in [0.15, 0.2) is 17.8 Å².